The van der Waals surface area contributed by atoms with Gasteiger partial charge in [-0.1, -0.05) is 236 Å². The van der Waals surface area contributed by atoms with Crippen molar-refractivity contribution in [1.29, 1.82) is 0 Å². The van der Waals surface area contributed by atoms with Gasteiger partial charge >= 0.3 is 17.9 Å². The van der Waals surface area contributed by atoms with E-state index in [9.17, 15) is 14.4 Å². The number of unbranched alkanes of at least 4 members (excludes halogenated alkanes) is 31. The van der Waals surface area contributed by atoms with Crippen molar-refractivity contribution in [3.63, 3.8) is 0 Å². The molecule has 0 heterocycles. The Morgan fingerprint density at radius 2 is 0.609 bits per heavy atom. The molecule has 0 aromatic rings. The van der Waals surface area contributed by atoms with Crippen LogP contribution >= 0.6 is 0 Å². The normalized spacial score (nSPS) is 12.4. The van der Waals surface area contributed by atoms with E-state index >= 15 is 0 Å². The van der Waals surface area contributed by atoms with Crippen molar-refractivity contribution in [3.8, 4) is 0 Å². The topological polar surface area (TPSA) is 78.9 Å². The number of hydrogen-bond acceptors (Lipinski definition) is 6. The third-order valence-electron chi connectivity index (χ3n) is 12.1. The van der Waals surface area contributed by atoms with Crippen LogP contribution in [0.25, 0.3) is 0 Å². The van der Waals surface area contributed by atoms with Crippen molar-refractivity contribution in [1.82, 2.24) is 0 Å². The number of carbonyl (C=O) groups is 3. The Hall–Kier alpha value is -2.63. The zero-order chi connectivity index (χ0) is 46.5. The molecule has 0 aliphatic rings. The first kappa shape index (κ1) is 61.4. The number of ether oxygens (including phenoxy) is 3. The third kappa shape index (κ3) is 50.4. The summed E-state index contributed by atoms with van der Waals surface area (Å²) >= 11 is 0. The molecule has 64 heavy (non-hydrogen) atoms. The predicted octanol–water partition coefficient (Wildman–Crippen LogP) is 18.3. The molecular weight excluding hydrogens is 793 g/mol. The summed E-state index contributed by atoms with van der Waals surface area (Å²) in [4.78, 5) is 38.0. The molecule has 0 radical (unpaired) electrons. The van der Waals surface area contributed by atoms with Gasteiger partial charge in [0.2, 0.25) is 0 Å². The maximum Gasteiger partial charge on any atom is 0.306 e. The van der Waals surface area contributed by atoms with Crippen LogP contribution in [0.15, 0.2) is 48.6 Å². The van der Waals surface area contributed by atoms with E-state index < -0.39 is 6.10 Å². The van der Waals surface area contributed by atoms with Gasteiger partial charge in [-0.2, -0.15) is 0 Å². The van der Waals surface area contributed by atoms with E-state index in [2.05, 4.69) is 69.4 Å². The van der Waals surface area contributed by atoms with Crippen LogP contribution in [0.4, 0.5) is 0 Å². The predicted molar refractivity (Wildman–Crippen MR) is 275 cm³/mol. The van der Waals surface area contributed by atoms with Gasteiger partial charge in [0.05, 0.1) is 0 Å². The highest BCUT2D eigenvalue weighted by molar-refractivity contribution is 5.71. The smallest absolute Gasteiger partial charge is 0.306 e. The Labute approximate surface area is 397 Å². The van der Waals surface area contributed by atoms with Crippen LogP contribution in [-0.4, -0.2) is 37.2 Å². The molecule has 0 fully saturated rings. The minimum atomic E-state index is -0.781. The number of hydrogen-bond donors (Lipinski definition) is 0. The van der Waals surface area contributed by atoms with Crippen molar-refractivity contribution in [3.05, 3.63) is 48.6 Å². The fourth-order valence-electron chi connectivity index (χ4n) is 7.92. The number of allylic oxidation sites excluding steroid dienone is 8. The van der Waals surface area contributed by atoms with Gasteiger partial charge in [-0.3, -0.25) is 14.4 Å². The highest BCUT2D eigenvalue weighted by Crippen LogP contribution is 2.16. The third-order valence-corrected chi connectivity index (χ3v) is 12.1. The molecule has 1 atom stereocenters. The van der Waals surface area contributed by atoms with Gasteiger partial charge in [0.1, 0.15) is 13.2 Å². The van der Waals surface area contributed by atoms with Crippen molar-refractivity contribution in [2.45, 2.75) is 290 Å². The molecule has 0 aromatic heterocycles. The maximum absolute atomic E-state index is 12.8. The van der Waals surface area contributed by atoms with Crippen molar-refractivity contribution in [2.24, 2.45) is 0 Å². The lowest BCUT2D eigenvalue weighted by Gasteiger charge is -2.18. The Morgan fingerprint density at radius 3 is 0.969 bits per heavy atom. The molecule has 372 valence electrons. The highest BCUT2D eigenvalue weighted by Gasteiger charge is 2.19. The second-order valence-electron chi connectivity index (χ2n) is 18.5. The lowest BCUT2D eigenvalue weighted by atomic mass is 10.0. The van der Waals surface area contributed by atoms with Gasteiger partial charge in [0.25, 0.3) is 0 Å². The average Bonchev–Trinajstić information content (AvgIpc) is 3.29. The number of carbonyl (C=O) groups excluding carboxylic acids is 3. The summed E-state index contributed by atoms with van der Waals surface area (Å²) in [7, 11) is 0. The van der Waals surface area contributed by atoms with Gasteiger partial charge in [-0.15, -0.1) is 0 Å². The fraction of sp³-hybridized carbons (Fsp3) is 0.810. The van der Waals surface area contributed by atoms with Crippen LogP contribution in [0.3, 0.4) is 0 Å². The first-order valence-electron chi connectivity index (χ1n) is 27.6. The van der Waals surface area contributed by atoms with E-state index in [4.69, 9.17) is 14.2 Å². The summed E-state index contributed by atoms with van der Waals surface area (Å²) in [6, 6.07) is 0. The molecule has 0 saturated heterocycles. The monoisotopic (exact) mass is 897 g/mol. The standard InChI is InChI=1S/C58H104O6/c1-4-7-10-13-16-19-22-25-27-28-29-30-32-33-36-39-42-45-48-51-57(60)63-54-55(53-62-56(59)50-47-44-41-38-35-24-21-18-15-12-9-6-3)64-58(61)52-49-46-43-40-37-34-31-26-23-20-17-14-11-8-5-2/h8,11,17,20,26,28-29,31,55H,4-7,9-10,12-16,18-19,21-25,27,30,32-54H2,1-3H3/b11-8-,20-17-,29-28-,31-26-/t55-/m1/s1. The SMILES string of the molecule is CC/C=C\C/C=C\C/C=C\CCCCCCCC(=O)O[C@@H](COC(=O)CCCCCCCCC/C=C\CCCCCCCCCC)COC(=O)CCCCCCCCCCCCCC. The average molecular weight is 897 g/mol. The first-order chi connectivity index (χ1) is 31.5. The molecule has 0 bridgehead atoms. The van der Waals surface area contributed by atoms with Crippen LogP contribution in [0.5, 0.6) is 0 Å². The molecule has 0 saturated carbocycles. The molecule has 0 aliphatic heterocycles. The molecule has 6 heteroatoms. The van der Waals surface area contributed by atoms with E-state index in [0.717, 1.165) is 96.3 Å². The van der Waals surface area contributed by atoms with E-state index in [1.54, 1.807) is 0 Å². The summed E-state index contributed by atoms with van der Waals surface area (Å²) < 4.78 is 16.8. The molecule has 0 unspecified atom stereocenters. The Bertz CT molecular complexity index is 1120. The van der Waals surface area contributed by atoms with E-state index in [0.29, 0.717) is 19.3 Å². The minimum Gasteiger partial charge on any atom is -0.462 e. The van der Waals surface area contributed by atoms with Crippen LogP contribution < -0.4 is 0 Å². The quantitative estimate of drug-likeness (QED) is 0.0262. The summed E-state index contributed by atoms with van der Waals surface area (Å²) in [6.07, 6.45) is 63.8. The summed E-state index contributed by atoms with van der Waals surface area (Å²) in [5.41, 5.74) is 0. The van der Waals surface area contributed by atoms with Gasteiger partial charge in [0.15, 0.2) is 6.10 Å². The second kappa shape index (κ2) is 53.0. The van der Waals surface area contributed by atoms with Gasteiger partial charge in [-0.25, -0.2) is 0 Å². The van der Waals surface area contributed by atoms with Crippen LogP contribution in [0, 0.1) is 0 Å². The number of esters is 3. The van der Waals surface area contributed by atoms with Crippen molar-refractivity contribution in [2.75, 3.05) is 13.2 Å². The fourth-order valence-corrected chi connectivity index (χ4v) is 7.92. The van der Waals surface area contributed by atoms with Crippen LogP contribution in [-0.2, 0) is 28.6 Å². The zero-order valence-electron chi connectivity index (χ0n) is 42.6. The molecule has 0 N–H and O–H groups in total. The summed E-state index contributed by atoms with van der Waals surface area (Å²) in [5.74, 6) is -0.890. The summed E-state index contributed by atoms with van der Waals surface area (Å²) in [6.45, 7) is 6.53. The molecule has 6 nitrogen and oxygen atoms in total. The Morgan fingerprint density at radius 1 is 0.328 bits per heavy atom. The minimum absolute atomic E-state index is 0.0790. The molecule has 0 aromatic carbocycles. The molecule has 0 aliphatic carbocycles. The van der Waals surface area contributed by atoms with Gasteiger partial charge in [-0.05, 0) is 77.0 Å². The lowest BCUT2D eigenvalue weighted by Crippen LogP contribution is -2.30. The van der Waals surface area contributed by atoms with E-state index in [1.807, 2.05) is 0 Å². The number of rotatable bonds is 50. The van der Waals surface area contributed by atoms with Crippen molar-refractivity contribution < 1.29 is 28.6 Å². The van der Waals surface area contributed by atoms with Crippen LogP contribution in [0.2, 0.25) is 0 Å². The Balaban J connectivity index is 4.35. The lowest BCUT2D eigenvalue weighted by molar-refractivity contribution is -0.167. The summed E-state index contributed by atoms with van der Waals surface area (Å²) in [5, 5.41) is 0. The zero-order valence-corrected chi connectivity index (χ0v) is 42.6. The molecule has 0 spiro atoms. The van der Waals surface area contributed by atoms with Gasteiger partial charge in [0, 0.05) is 19.3 Å². The second-order valence-corrected chi connectivity index (χ2v) is 18.5. The van der Waals surface area contributed by atoms with Gasteiger partial charge < -0.3 is 14.2 Å². The molecule has 0 amide bonds. The van der Waals surface area contributed by atoms with Crippen molar-refractivity contribution >= 4 is 17.9 Å². The largest absolute Gasteiger partial charge is 0.462 e. The first-order valence-corrected chi connectivity index (χ1v) is 27.6. The van der Waals surface area contributed by atoms with Crippen LogP contribution in [0.1, 0.15) is 284 Å². The Kier molecular flexibility index (Phi) is 50.8. The molecule has 0 rings (SSSR count). The van der Waals surface area contributed by atoms with E-state index in [1.165, 1.54) is 148 Å². The molecular formula is C58H104O6. The van der Waals surface area contributed by atoms with E-state index in [-0.39, 0.29) is 31.1 Å². The maximum atomic E-state index is 12.8. The highest BCUT2D eigenvalue weighted by atomic mass is 16.6.